The van der Waals surface area contributed by atoms with E-state index in [0.717, 1.165) is 25.7 Å². The minimum absolute atomic E-state index is 0.202. The molecule has 1 aliphatic rings. The number of aromatic hydroxyl groups is 2. The smallest absolute Gasteiger partial charge is 0.239 e. The van der Waals surface area contributed by atoms with Gasteiger partial charge in [0.05, 0.1) is 0 Å². The van der Waals surface area contributed by atoms with Crippen LogP contribution in [0.1, 0.15) is 50.1 Å². The van der Waals surface area contributed by atoms with Gasteiger partial charge in [-0.3, -0.25) is 10.1 Å². The number of amides is 1. The van der Waals surface area contributed by atoms with Crippen LogP contribution in [0.15, 0.2) is 18.2 Å². The molecule has 0 radical (unpaired) electrons. The Morgan fingerprint density at radius 1 is 1.15 bits per heavy atom. The fraction of sp³-hybridized carbons (Fsp3) is 0.533. The van der Waals surface area contributed by atoms with Crippen LogP contribution in [0, 0.1) is 0 Å². The Morgan fingerprint density at radius 2 is 1.80 bits per heavy atom. The number of hydrogen-bond donors (Lipinski definition) is 4. The summed E-state index contributed by atoms with van der Waals surface area (Å²) in [5, 5.41) is 22.2. The van der Waals surface area contributed by atoms with Gasteiger partial charge in [-0.05, 0) is 30.5 Å². The zero-order valence-corrected chi connectivity index (χ0v) is 11.5. The van der Waals surface area contributed by atoms with Crippen molar-refractivity contribution in [3.8, 4) is 11.5 Å². The standard InChI is InChI=1S/C15H22N2O3/c16-15(20)14(10-7-8-12(18)13(19)9-10)17-11-5-3-1-2-4-6-11/h7-9,11,14,17-19H,1-6H2,(H2,16,20). The maximum absolute atomic E-state index is 11.7. The van der Waals surface area contributed by atoms with Crippen LogP contribution in [0.2, 0.25) is 0 Å². The quantitative estimate of drug-likeness (QED) is 0.500. The average Bonchev–Trinajstić information content (AvgIpc) is 2.67. The topological polar surface area (TPSA) is 95.6 Å². The van der Waals surface area contributed by atoms with Gasteiger partial charge in [0.25, 0.3) is 0 Å². The molecule has 20 heavy (non-hydrogen) atoms. The summed E-state index contributed by atoms with van der Waals surface area (Å²) in [6.07, 6.45) is 6.86. The highest BCUT2D eigenvalue weighted by molar-refractivity contribution is 5.81. The van der Waals surface area contributed by atoms with E-state index in [2.05, 4.69) is 5.32 Å². The lowest BCUT2D eigenvalue weighted by Gasteiger charge is -2.23. The van der Waals surface area contributed by atoms with Gasteiger partial charge in [0.2, 0.25) is 5.91 Å². The maximum Gasteiger partial charge on any atom is 0.239 e. The van der Waals surface area contributed by atoms with Crippen LogP contribution in [0.3, 0.4) is 0 Å². The van der Waals surface area contributed by atoms with Gasteiger partial charge in [-0.1, -0.05) is 31.7 Å². The fourth-order valence-corrected chi connectivity index (χ4v) is 2.74. The first-order chi connectivity index (χ1) is 9.58. The summed E-state index contributed by atoms with van der Waals surface area (Å²) in [5.74, 6) is -0.915. The van der Waals surface area contributed by atoms with E-state index in [4.69, 9.17) is 5.73 Å². The van der Waals surface area contributed by atoms with E-state index in [0.29, 0.717) is 5.56 Å². The molecule has 2 rings (SSSR count). The van der Waals surface area contributed by atoms with Gasteiger partial charge in [-0.2, -0.15) is 0 Å². The summed E-state index contributed by atoms with van der Waals surface area (Å²) in [7, 11) is 0. The molecule has 1 aliphatic carbocycles. The highest BCUT2D eigenvalue weighted by atomic mass is 16.3. The number of nitrogens with one attached hydrogen (secondary N) is 1. The van der Waals surface area contributed by atoms with Gasteiger partial charge in [0.15, 0.2) is 11.5 Å². The van der Waals surface area contributed by atoms with E-state index in [1.807, 2.05) is 0 Å². The lowest BCUT2D eigenvalue weighted by atomic mass is 10.0. The highest BCUT2D eigenvalue weighted by Gasteiger charge is 2.23. The lowest BCUT2D eigenvalue weighted by Crippen LogP contribution is -2.39. The summed E-state index contributed by atoms with van der Waals surface area (Å²) in [5.41, 5.74) is 6.05. The van der Waals surface area contributed by atoms with Crippen LogP contribution in [-0.4, -0.2) is 22.2 Å². The molecule has 1 atom stereocenters. The van der Waals surface area contributed by atoms with Gasteiger partial charge < -0.3 is 15.9 Å². The van der Waals surface area contributed by atoms with Crippen molar-refractivity contribution < 1.29 is 15.0 Å². The molecular weight excluding hydrogens is 256 g/mol. The Bertz CT molecular complexity index is 468. The van der Waals surface area contributed by atoms with E-state index in [-0.39, 0.29) is 17.5 Å². The number of nitrogens with two attached hydrogens (primary N) is 1. The molecule has 0 aliphatic heterocycles. The Balaban J connectivity index is 2.13. The van der Waals surface area contributed by atoms with Gasteiger partial charge in [0, 0.05) is 6.04 Å². The van der Waals surface area contributed by atoms with Gasteiger partial charge in [-0.25, -0.2) is 0 Å². The zero-order chi connectivity index (χ0) is 14.5. The molecule has 5 N–H and O–H groups in total. The average molecular weight is 278 g/mol. The molecule has 1 unspecified atom stereocenters. The van der Waals surface area contributed by atoms with Crippen molar-refractivity contribution in [3.05, 3.63) is 23.8 Å². The Hall–Kier alpha value is -1.75. The predicted octanol–water partition coefficient (Wildman–Crippen LogP) is 1.94. The number of primary amides is 1. The van der Waals surface area contributed by atoms with Crippen LogP contribution < -0.4 is 11.1 Å². The van der Waals surface area contributed by atoms with Crippen molar-refractivity contribution >= 4 is 5.91 Å². The summed E-state index contributed by atoms with van der Waals surface area (Å²) in [6.45, 7) is 0. The molecule has 1 saturated carbocycles. The first-order valence-electron chi connectivity index (χ1n) is 7.15. The number of hydrogen-bond acceptors (Lipinski definition) is 4. The molecule has 0 spiro atoms. The van der Waals surface area contributed by atoms with Crippen LogP contribution in [-0.2, 0) is 4.79 Å². The normalized spacial score (nSPS) is 18.4. The molecule has 110 valence electrons. The second kappa shape index (κ2) is 6.61. The van der Waals surface area contributed by atoms with Gasteiger partial charge >= 0.3 is 0 Å². The number of phenols is 2. The summed E-state index contributed by atoms with van der Waals surface area (Å²) in [4.78, 5) is 11.7. The Morgan fingerprint density at radius 3 is 2.35 bits per heavy atom. The van der Waals surface area contributed by atoms with Crippen LogP contribution in [0.4, 0.5) is 0 Å². The van der Waals surface area contributed by atoms with Crippen molar-refractivity contribution in [1.29, 1.82) is 0 Å². The van der Waals surface area contributed by atoms with E-state index in [9.17, 15) is 15.0 Å². The van der Waals surface area contributed by atoms with E-state index < -0.39 is 11.9 Å². The number of rotatable bonds is 4. The third kappa shape index (κ3) is 3.63. The van der Waals surface area contributed by atoms with Gasteiger partial charge in [-0.15, -0.1) is 0 Å². The van der Waals surface area contributed by atoms with Crippen molar-refractivity contribution in [3.63, 3.8) is 0 Å². The number of phenolic OH excluding ortho intramolecular Hbond substituents is 2. The van der Waals surface area contributed by atoms with E-state index >= 15 is 0 Å². The first kappa shape index (κ1) is 14.7. The van der Waals surface area contributed by atoms with E-state index in [1.165, 1.54) is 25.0 Å². The number of carbonyl (C=O) groups is 1. The molecule has 0 saturated heterocycles. The van der Waals surface area contributed by atoms with Crippen LogP contribution in [0.25, 0.3) is 0 Å². The highest BCUT2D eigenvalue weighted by Crippen LogP contribution is 2.29. The largest absolute Gasteiger partial charge is 0.504 e. The van der Waals surface area contributed by atoms with Crippen molar-refractivity contribution in [2.75, 3.05) is 0 Å². The van der Waals surface area contributed by atoms with Crippen molar-refractivity contribution in [2.45, 2.75) is 50.6 Å². The Labute approximate surface area is 118 Å². The van der Waals surface area contributed by atoms with Crippen molar-refractivity contribution in [2.24, 2.45) is 5.73 Å². The zero-order valence-electron chi connectivity index (χ0n) is 11.5. The molecular formula is C15H22N2O3. The minimum Gasteiger partial charge on any atom is -0.504 e. The molecule has 1 aromatic carbocycles. The van der Waals surface area contributed by atoms with E-state index in [1.54, 1.807) is 6.07 Å². The maximum atomic E-state index is 11.7. The Kier molecular flexibility index (Phi) is 4.84. The predicted molar refractivity (Wildman–Crippen MR) is 76.3 cm³/mol. The lowest BCUT2D eigenvalue weighted by molar-refractivity contribution is -0.120. The summed E-state index contributed by atoms with van der Waals surface area (Å²) in [6, 6.07) is 3.99. The van der Waals surface area contributed by atoms with Gasteiger partial charge in [0.1, 0.15) is 6.04 Å². The summed E-state index contributed by atoms with van der Waals surface area (Å²) >= 11 is 0. The summed E-state index contributed by atoms with van der Waals surface area (Å²) < 4.78 is 0. The van der Waals surface area contributed by atoms with Crippen molar-refractivity contribution in [1.82, 2.24) is 5.32 Å². The minimum atomic E-state index is -0.635. The van der Waals surface area contributed by atoms with Crippen LogP contribution >= 0.6 is 0 Å². The SMILES string of the molecule is NC(=O)C(NC1CCCCCC1)c1ccc(O)c(O)c1. The number of benzene rings is 1. The third-order valence-corrected chi connectivity index (χ3v) is 3.87. The fourth-order valence-electron chi connectivity index (χ4n) is 2.74. The molecule has 1 aromatic rings. The molecule has 0 heterocycles. The molecule has 0 aromatic heterocycles. The molecule has 0 bridgehead atoms. The van der Waals surface area contributed by atoms with Crippen LogP contribution in [0.5, 0.6) is 11.5 Å². The number of carbonyl (C=O) groups excluding carboxylic acids is 1. The molecule has 1 fully saturated rings. The second-order valence-electron chi connectivity index (χ2n) is 5.44. The third-order valence-electron chi connectivity index (χ3n) is 3.87. The second-order valence-corrected chi connectivity index (χ2v) is 5.44. The first-order valence-corrected chi connectivity index (χ1v) is 7.15. The molecule has 5 nitrogen and oxygen atoms in total. The molecule has 1 amide bonds. The molecule has 5 heteroatoms. The monoisotopic (exact) mass is 278 g/mol.